The number of carbonyl (C=O) groups excluding carboxylic acids is 2. The highest BCUT2D eigenvalue weighted by atomic mass is 19.4. The first-order valence-electron chi connectivity index (χ1n) is 10.9. The van der Waals surface area contributed by atoms with Gasteiger partial charge in [0.1, 0.15) is 0 Å². The van der Waals surface area contributed by atoms with Gasteiger partial charge in [0.05, 0.1) is 23.6 Å². The van der Waals surface area contributed by atoms with Gasteiger partial charge in [0.2, 0.25) is 11.8 Å². The van der Waals surface area contributed by atoms with Crippen LogP contribution in [0.3, 0.4) is 0 Å². The van der Waals surface area contributed by atoms with Gasteiger partial charge in [0, 0.05) is 24.0 Å². The lowest BCUT2D eigenvalue weighted by atomic mass is 10.1. The maximum absolute atomic E-state index is 12.9. The fourth-order valence-corrected chi connectivity index (χ4v) is 3.12. The molecule has 6 nitrogen and oxygen atoms in total. The molecule has 0 saturated carbocycles. The van der Waals surface area contributed by atoms with E-state index in [0.717, 1.165) is 24.6 Å². The summed E-state index contributed by atoms with van der Waals surface area (Å²) in [7, 11) is 0. The van der Waals surface area contributed by atoms with Crippen LogP contribution in [-0.2, 0) is 21.9 Å². The van der Waals surface area contributed by atoms with E-state index in [4.69, 9.17) is 0 Å². The first-order chi connectivity index (χ1) is 17.0. The Hall–Kier alpha value is -3.70. The van der Waals surface area contributed by atoms with Crippen molar-refractivity contribution in [2.75, 3.05) is 0 Å². The van der Waals surface area contributed by atoms with Crippen LogP contribution in [0.1, 0.15) is 60.8 Å². The summed E-state index contributed by atoms with van der Waals surface area (Å²) >= 11 is 0. The Labute approximate surface area is 203 Å². The maximum atomic E-state index is 12.9. The van der Waals surface area contributed by atoms with Gasteiger partial charge in [0.15, 0.2) is 0 Å². The summed E-state index contributed by atoms with van der Waals surface area (Å²) in [6, 6.07) is 9.69. The Morgan fingerprint density at radius 1 is 0.639 bits per heavy atom. The molecule has 0 aliphatic rings. The zero-order valence-electron chi connectivity index (χ0n) is 19.0. The molecule has 0 spiro atoms. The summed E-state index contributed by atoms with van der Waals surface area (Å²) in [6.07, 6.45) is -4.80. The Morgan fingerprint density at radius 2 is 1.00 bits per heavy atom. The molecule has 2 aromatic rings. The summed E-state index contributed by atoms with van der Waals surface area (Å²) in [6.45, 7) is 0. The molecule has 0 radical (unpaired) electrons. The van der Waals surface area contributed by atoms with Gasteiger partial charge in [-0.05, 0) is 25.0 Å². The van der Waals surface area contributed by atoms with Crippen molar-refractivity contribution < 1.29 is 35.9 Å². The monoisotopic (exact) mass is 514 g/mol. The minimum absolute atomic E-state index is 0.105. The van der Waals surface area contributed by atoms with Gasteiger partial charge in [-0.2, -0.15) is 36.5 Å². The van der Waals surface area contributed by atoms with Crippen LogP contribution in [0.2, 0.25) is 0 Å². The molecule has 0 atom stereocenters. The Kier molecular flexibility index (Phi) is 10.6. The van der Waals surface area contributed by atoms with E-state index in [1.165, 1.54) is 36.4 Å². The van der Waals surface area contributed by atoms with E-state index in [2.05, 4.69) is 21.1 Å². The summed E-state index contributed by atoms with van der Waals surface area (Å²) < 4.78 is 77.5. The number of carbonyl (C=O) groups is 2. The average molecular weight is 514 g/mol. The van der Waals surface area contributed by atoms with Crippen LogP contribution in [0.4, 0.5) is 26.3 Å². The largest absolute Gasteiger partial charge is 0.417 e. The van der Waals surface area contributed by atoms with Crippen molar-refractivity contribution in [2.24, 2.45) is 10.2 Å². The highest BCUT2D eigenvalue weighted by Gasteiger charge is 2.33. The Morgan fingerprint density at radius 3 is 1.36 bits per heavy atom. The normalized spacial score (nSPS) is 12.3. The summed E-state index contributed by atoms with van der Waals surface area (Å²) in [4.78, 5) is 23.6. The lowest BCUT2D eigenvalue weighted by molar-refractivity contribution is -0.138. The summed E-state index contributed by atoms with van der Waals surface area (Å²) in [5, 5.41) is 7.14. The molecule has 0 aliphatic heterocycles. The molecule has 194 valence electrons. The molecule has 0 heterocycles. The highest BCUT2D eigenvalue weighted by molar-refractivity contribution is 5.84. The molecule has 2 rings (SSSR count). The molecule has 2 N–H and O–H groups in total. The lowest BCUT2D eigenvalue weighted by Gasteiger charge is -2.09. The smallest absolute Gasteiger partial charge is 0.273 e. The number of nitrogens with zero attached hydrogens (tertiary/aromatic N) is 2. The van der Waals surface area contributed by atoms with Crippen molar-refractivity contribution in [1.82, 2.24) is 10.9 Å². The van der Waals surface area contributed by atoms with E-state index in [0.29, 0.717) is 25.7 Å². The van der Waals surface area contributed by atoms with Crippen LogP contribution in [-0.4, -0.2) is 24.2 Å². The predicted octanol–water partition coefficient (Wildman–Crippen LogP) is 5.67. The molecule has 0 aromatic heterocycles. The molecule has 2 aromatic carbocycles. The van der Waals surface area contributed by atoms with E-state index in [-0.39, 0.29) is 24.0 Å². The van der Waals surface area contributed by atoms with Crippen molar-refractivity contribution in [3.8, 4) is 0 Å². The third-order valence-electron chi connectivity index (χ3n) is 4.88. The Bertz CT molecular complexity index is 995. The van der Waals surface area contributed by atoms with Crippen LogP contribution in [0, 0.1) is 0 Å². The van der Waals surface area contributed by atoms with Gasteiger partial charge in [-0.3, -0.25) is 9.59 Å². The van der Waals surface area contributed by atoms with E-state index < -0.39 is 35.3 Å². The van der Waals surface area contributed by atoms with E-state index in [9.17, 15) is 35.9 Å². The molecule has 0 aliphatic carbocycles. The van der Waals surface area contributed by atoms with Crippen molar-refractivity contribution in [2.45, 2.75) is 50.9 Å². The van der Waals surface area contributed by atoms with E-state index in [1.54, 1.807) is 0 Å². The van der Waals surface area contributed by atoms with E-state index >= 15 is 0 Å². The SMILES string of the molecule is O=C(CCCCCCC(=O)N/N=C/c1ccccc1C(F)(F)F)N/N=C/c1ccccc1C(F)(F)F. The van der Waals surface area contributed by atoms with Crippen LogP contribution in [0.25, 0.3) is 0 Å². The second-order valence-corrected chi connectivity index (χ2v) is 7.67. The molecule has 2 amide bonds. The highest BCUT2D eigenvalue weighted by Crippen LogP contribution is 2.31. The number of halogens is 6. The fraction of sp³-hybridized carbons (Fsp3) is 0.333. The second kappa shape index (κ2) is 13.4. The molecule has 36 heavy (non-hydrogen) atoms. The molecule has 0 fully saturated rings. The number of hydrazone groups is 2. The van der Waals surface area contributed by atoms with Crippen LogP contribution in [0.5, 0.6) is 0 Å². The minimum Gasteiger partial charge on any atom is -0.273 e. The number of benzene rings is 2. The molecule has 12 heteroatoms. The van der Waals surface area contributed by atoms with Gasteiger partial charge >= 0.3 is 12.4 Å². The van der Waals surface area contributed by atoms with Gasteiger partial charge in [-0.25, -0.2) is 10.9 Å². The van der Waals surface area contributed by atoms with Crippen molar-refractivity contribution in [1.29, 1.82) is 0 Å². The van der Waals surface area contributed by atoms with Crippen molar-refractivity contribution >= 4 is 24.2 Å². The first-order valence-corrected chi connectivity index (χ1v) is 10.9. The first kappa shape index (κ1) is 28.5. The average Bonchev–Trinajstić information content (AvgIpc) is 2.80. The standard InChI is InChI=1S/C24H24F6N4O2/c25-23(26,27)19-11-7-5-9-17(19)15-31-33-21(35)13-3-1-2-4-14-22(36)34-32-16-18-10-6-8-12-20(18)24(28,29)30/h5-12,15-16H,1-4,13-14H2,(H,33,35)(H,34,36)/b31-15+,32-16+. The van der Waals surface area contributed by atoms with Gasteiger partial charge in [-0.15, -0.1) is 0 Å². The zero-order valence-corrected chi connectivity index (χ0v) is 19.0. The number of amides is 2. The predicted molar refractivity (Wildman–Crippen MR) is 122 cm³/mol. The molecule has 0 bridgehead atoms. The number of nitrogens with one attached hydrogen (secondary N) is 2. The van der Waals surface area contributed by atoms with E-state index in [1.807, 2.05) is 0 Å². The van der Waals surface area contributed by atoms with Crippen LogP contribution < -0.4 is 10.9 Å². The number of unbranched alkanes of at least 4 members (excludes halogenated alkanes) is 3. The minimum atomic E-state index is -4.53. The Balaban J connectivity index is 1.62. The van der Waals surface area contributed by atoms with Crippen LogP contribution in [0.15, 0.2) is 58.7 Å². The third kappa shape index (κ3) is 9.88. The molecular formula is C24H24F6N4O2. The number of alkyl halides is 6. The number of hydrogen-bond acceptors (Lipinski definition) is 4. The van der Waals surface area contributed by atoms with Gasteiger partial charge in [0.25, 0.3) is 0 Å². The number of hydrogen-bond donors (Lipinski definition) is 2. The fourth-order valence-electron chi connectivity index (χ4n) is 3.12. The quantitative estimate of drug-likeness (QED) is 0.175. The topological polar surface area (TPSA) is 82.9 Å². The van der Waals surface area contributed by atoms with Gasteiger partial charge in [-0.1, -0.05) is 49.2 Å². The van der Waals surface area contributed by atoms with Gasteiger partial charge < -0.3 is 0 Å². The van der Waals surface area contributed by atoms with Crippen LogP contribution >= 0.6 is 0 Å². The van der Waals surface area contributed by atoms with Crippen molar-refractivity contribution in [3.05, 3.63) is 70.8 Å². The lowest BCUT2D eigenvalue weighted by Crippen LogP contribution is -2.18. The van der Waals surface area contributed by atoms with Crippen molar-refractivity contribution in [3.63, 3.8) is 0 Å². The summed E-state index contributed by atoms with van der Waals surface area (Å²) in [5.41, 5.74) is 2.31. The zero-order chi connectivity index (χ0) is 26.6. The third-order valence-corrected chi connectivity index (χ3v) is 4.88. The number of rotatable bonds is 11. The summed E-state index contributed by atoms with van der Waals surface area (Å²) in [5.74, 6) is -0.913. The molecule has 0 unspecified atom stereocenters. The second-order valence-electron chi connectivity index (χ2n) is 7.67. The molecular weight excluding hydrogens is 490 g/mol. The maximum Gasteiger partial charge on any atom is 0.417 e. The molecule has 0 saturated heterocycles.